The molecule has 3 heterocycles. The Morgan fingerprint density at radius 3 is 2.77 bits per heavy atom. The van der Waals surface area contributed by atoms with Gasteiger partial charge in [0, 0.05) is 6.54 Å². The number of aliphatic hydroxyl groups is 1. The van der Waals surface area contributed by atoms with Crippen LogP contribution < -0.4 is 0 Å². The number of amides is 1. The largest absolute Gasteiger partial charge is 0.445 e. The normalized spacial score (nSPS) is 35.5. The van der Waals surface area contributed by atoms with E-state index in [-0.39, 0.29) is 18.7 Å². The van der Waals surface area contributed by atoms with Gasteiger partial charge in [-0.25, -0.2) is 4.79 Å². The topological polar surface area (TPSA) is 77.5 Å². The lowest BCUT2D eigenvalue weighted by atomic mass is 10.0. The molecule has 1 amide bonds. The first-order valence-corrected chi connectivity index (χ1v) is 9.11. The number of carbonyl (C=O) groups excluding carboxylic acids is 1. The second-order valence-corrected chi connectivity index (χ2v) is 7.50. The highest BCUT2D eigenvalue weighted by atomic mass is 16.8. The maximum Gasteiger partial charge on any atom is 0.410 e. The number of nitrogens with zero attached hydrogens (tertiary/aromatic N) is 1. The van der Waals surface area contributed by atoms with Crippen LogP contribution in [0.3, 0.4) is 0 Å². The van der Waals surface area contributed by atoms with E-state index >= 15 is 0 Å². The second-order valence-electron chi connectivity index (χ2n) is 7.50. The van der Waals surface area contributed by atoms with Gasteiger partial charge in [-0.2, -0.15) is 0 Å². The van der Waals surface area contributed by atoms with Crippen LogP contribution in [0.2, 0.25) is 0 Å². The average molecular weight is 363 g/mol. The monoisotopic (exact) mass is 363 g/mol. The Labute approximate surface area is 152 Å². The highest BCUT2D eigenvalue weighted by molar-refractivity contribution is 5.68. The van der Waals surface area contributed by atoms with Crippen molar-refractivity contribution in [3.63, 3.8) is 0 Å². The molecule has 3 aliphatic rings. The van der Waals surface area contributed by atoms with Crippen molar-refractivity contribution in [2.24, 2.45) is 0 Å². The van der Waals surface area contributed by atoms with Crippen LogP contribution in [0.4, 0.5) is 4.79 Å². The highest BCUT2D eigenvalue weighted by Crippen LogP contribution is 2.40. The van der Waals surface area contributed by atoms with Crippen LogP contribution >= 0.6 is 0 Å². The minimum Gasteiger partial charge on any atom is -0.445 e. The molecule has 3 aliphatic heterocycles. The van der Waals surface area contributed by atoms with E-state index in [0.29, 0.717) is 6.54 Å². The molecule has 0 bridgehead atoms. The van der Waals surface area contributed by atoms with Gasteiger partial charge in [-0.15, -0.1) is 0 Å². The van der Waals surface area contributed by atoms with Gasteiger partial charge in [0.2, 0.25) is 0 Å². The van der Waals surface area contributed by atoms with Crippen molar-refractivity contribution in [2.75, 3.05) is 6.54 Å². The van der Waals surface area contributed by atoms with E-state index in [0.717, 1.165) is 18.4 Å². The van der Waals surface area contributed by atoms with E-state index in [1.165, 1.54) is 0 Å². The van der Waals surface area contributed by atoms with E-state index in [4.69, 9.17) is 18.9 Å². The van der Waals surface area contributed by atoms with E-state index in [2.05, 4.69) is 0 Å². The van der Waals surface area contributed by atoms with Crippen molar-refractivity contribution in [1.82, 2.24) is 4.90 Å². The quantitative estimate of drug-likeness (QED) is 0.885. The van der Waals surface area contributed by atoms with Gasteiger partial charge in [-0.3, -0.25) is 0 Å². The molecule has 0 saturated carbocycles. The first-order chi connectivity index (χ1) is 12.4. The predicted octanol–water partition coefficient (Wildman–Crippen LogP) is 2.02. The van der Waals surface area contributed by atoms with E-state index in [1.807, 2.05) is 30.3 Å². The molecular formula is C19H25NO6. The lowest BCUT2D eigenvalue weighted by molar-refractivity contribution is -0.220. The molecule has 3 saturated heterocycles. The van der Waals surface area contributed by atoms with Crippen LogP contribution in [0, 0.1) is 0 Å². The van der Waals surface area contributed by atoms with Crippen LogP contribution in [0.5, 0.6) is 0 Å². The Balaban J connectivity index is 1.39. The lowest BCUT2D eigenvalue weighted by Gasteiger charge is -2.31. The molecule has 1 N–H and O–H groups in total. The molecule has 142 valence electrons. The number of hydrogen-bond acceptors (Lipinski definition) is 6. The Morgan fingerprint density at radius 1 is 1.27 bits per heavy atom. The van der Waals surface area contributed by atoms with Gasteiger partial charge in [0.15, 0.2) is 12.1 Å². The molecule has 0 radical (unpaired) electrons. The van der Waals surface area contributed by atoms with Gasteiger partial charge in [-0.05, 0) is 32.3 Å². The van der Waals surface area contributed by atoms with Crippen LogP contribution in [0.25, 0.3) is 0 Å². The summed E-state index contributed by atoms with van der Waals surface area (Å²) in [6, 6.07) is 9.32. The number of benzene rings is 1. The number of likely N-dealkylation sites (tertiary alicyclic amines) is 1. The molecule has 0 aliphatic carbocycles. The van der Waals surface area contributed by atoms with Crippen LogP contribution in [-0.2, 0) is 25.6 Å². The Hall–Kier alpha value is -1.67. The molecule has 26 heavy (non-hydrogen) atoms. The smallest absolute Gasteiger partial charge is 0.410 e. The summed E-state index contributed by atoms with van der Waals surface area (Å²) in [5, 5.41) is 10.7. The Morgan fingerprint density at radius 2 is 2.04 bits per heavy atom. The van der Waals surface area contributed by atoms with Crippen molar-refractivity contribution < 1.29 is 28.8 Å². The summed E-state index contributed by atoms with van der Waals surface area (Å²) in [7, 11) is 0. The van der Waals surface area contributed by atoms with Crippen LogP contribution in [0.15, 0.2) is 30.3 Å². The van der Waals surface area contributed by atoms with Crippen molar-refractivity contribution >= 4 is 6.09 Å². The Bertz CT molecular complexity index is 651. The minimum absolute atomic E-state index is 0.225. The summed E-state index contributed by atoms with van der Waals surface area (Å²) in [6.45, 7) is 4.40. The van der Waals surface area contributed by atoms with Crippen molar-refractivity contribution in [2.45, 2.75) is 69.7 Å². The van der Waals surface area contributed by atoms with Gasteiger partial charge in [-0.1, -0.05) is 30.3 Å². The Kier molecular flexibility index (Phi) is 4.64. The molecular weight excluding hydrogens is 338 g/mol. The summed E-state index contributed by atoms with van der Waals surface area (Å²) >= 11 is 0. The molecule has 0 unspecified atom stereocenters. The number of aliphatic hydroxyl groups excluding tert-OH is 1. The number of hydrogen-bond donors (Lipinski definition) is 1. The highest BCUT2D eigenvalue weighted by Gasteiger charge is 2.57. The zero-order chi connectivity index (χ0) is 18.3. The van der Waals surface area contributed by atoms with Gasteiger partial charge in [0.25, 0.3) is 0 Å². The number of fused-ring (bicyclic) bond motifs is 1. The first-order valence-electron chi connectivity index (χ1n) is 9.11. The summed E-state index contributed by atoms with van der Waals surface area (Å²) < 4.78 is 22.8. The van der Waals surface area contributed by atoms with Gasteiger partial charge in [0.05, 0.1) is 6.04 Å². The molecule has 3 fully saturated rings. The standard InChI is InChI=1S/C19H25NO6/c1-19(2)25-16-14(21)15(24-17(16)26-19)13-9-6-10-20(13)18(22)23-11-12-7-4-3-5-8-12/h3-5,7-8,13-17,21H,6,9-11H2,1-2H3/t13-,14-,15-,16-,17-/m1/s1. The van der Waals surface area contributed by atoms with Crippen molar-refractivity contribution in [3.8, 4) is 0 Å². The first kappa shape index (κ1) is 17.7. The molecule has 0 aromatic heterocycles. The summed E-state index contributed by atoms with van der Waals surface area (Å²) in [5.74, 6) is -0.773. The maximum atomic E-state index is 12.5. The third-order valence-corrected chi connectivity index (χ3v) is 5.17. The zero-order valence-corrected chi connectivity index (χ0v) is 15.0. The van der Waals surface area contributed by atoms with E-state index < -0.39 is 30.4 Å². The maximum absolute atomic E-state index is 12.5. The van der Waals surface area contributed by atoms with Gasteiger partial charge < -0.3 is 29.0 Å². The van der Waals surface area contributed by atoms with Gasteiger partial charge >= 0.3 is 6.09 Å². The lowest BCUT2D eigenvalue weighted by Crippen LogP contribution is -2.48. The number of carbonyl (C=O) groups is 1. The van der Waals surface area contributed by atoms with Crippen molar-refractivity contribution in [1.29, 1.82) is 0 Å². The molecule has 7 nitrogen and oxygen atoms in total. The minimum atomic E-state index is -0.839. The summed E-state index contributed by atoms with van der Waals surface area (Å²) in [6.07, 6.45) is -1.29. The molecule has 7 heteroatoms. The van der Waals surface area contributed by atoms with E-state index in [9.17, 15) is 9.90 Å². The second kappa shape index (κ2) is 6.81. The molecule has 5 atom stereocenters. The SMILES string of the molecule is CC1(C)O[C@H]2O[C@H]([C@H]3CCCN3C(=O)OCc3ccccc3)[C@@H](O)[C@H]2O1. The third kappa shape index (κ3) is 3.32. The summed E-state index contributed by atoms with van der Waals surface area (Å²) in [4.78, 5) is 14.2. The van der Waals surface area contributed by atoms with Crippen LogP contribution in [0.1, 0.15) is 32.3 Å². The van der Waals surface area contributed by atoms with E-state index in [1.54, 1.807) is 18.7 Å². The number of ether oxygens (including phenoxy) is 4. The fraction of sp³-hybridized carbons (Fsp3) is 0.632. The average Bonchev–Trinajstić information content (AvgIpc) is 3.28. The molecule has 1 aromatic rings. The molecule has 0 spiro atoms. The van der Waals surface area contributed by atoms with Gasteiger partial charge in [0.1, 0.15) is 24.9 Å². The van der Waals surface area contributed by atoms with Crippen LogP contribution in [-0.4, -0.2) is 59.1 Å². The summed E-state index contributed by atoms with van der Waals surface area (Å²) in [5.41, 5.74) is 0.937. The molecule has 1 aromatic carbocycles. The predicted molar refractivity (Wildman–Crippen MR) is 91.1 cm³/mol. The third-order valence-electron chi connectivity index (χ3n) is 5.17. The fourth-order valence-electron chi connectivity index (χ4n) is 4.00. The fourth-order valence-corrected chi connectivity index (χ4v) is 4.00. The van der Waals surface area contributed by atoms with Crippen molar-refractivity contribution in [3.05, 3.63) is 35.9 Å². The molecule has 4 rings (SSSR count). The number of rotatable bonds is 3. The zero-order valence-electron chi connectivity index (χ0n) is 15.0.